The van der Waals surface area contributed by atoms with Crippen LogP contribution in [0.1, 0.15) is 46.5 Å². The highest BCUT2D eigenvalue weighted by molar-refractivity contribution is 4.76. The standard InChI is InChI=1S/C14H29N2/c1-4-7-14-11-15(10-13(2)3)12-16(14)8-5-6-9-16/h13-14H,4-12H2,1-3H3/q+1. The number of rotatable bonds is 4. The second-order valence-electron chi connectivity index (χ2n) is 6.39. The highest BCUT2D eigenvalue weighted by Crippen LogP contribution is 2.32. The predicted molar refractivity (Wildman–Crippen MR) is 69.2 cm³/mol. The molecule has 0 aromatic rings. The van der Waals surface area contributed by atoms with Crippen LogP contribution >= 0.6 is 0 Å². The fourth-order valence-corrected chi connectivity index (χ4v) is 3.86. The summed E-state index contributed by atoms with van der Waals surface area (Å²) >= 11 is 0. The average molecular weight is 225 g/mol. The van der Waals surface area contributed by atoms with Gasteiger partial charge in [-0.25, -0.2) is 0 Å². The lowest BCUT2D eigenvalue weighted by atomic mass is 10.1. The molecule has 2 aliphatic heterocycles. The Labute approximate surface area is 101 Å². The van der Waals surface area contributed by atoms with Crippen LogP contribution in [0.2, 0.25) is 0 Å². The molecule has 0 bridgehead atoms. The molecule has 0 N–H and O–H groups in total. The molecule has 2 fully saturated rings. The van der Waals surface area contributed by atoms with Gasteiger partial charge in [-0.15, -0.1) is 0 Å². The van der Waals surface area contributed by atoms with Crippen molar-refractivity contribution in [1.82, 2.24) is 4.90 Å². The van der Waals surface area contributed by atoms with Crippen LogP contribution in [-0.2, 0) is 0 Å². The number of quaternary nitrogens is 1. The van der Waals surface area contributed by atoms with Crippen molar-refractivity contribution in [2.24, 2.45) is 5.92 Å². The second-order valence-corrected chi connectivity index (χ2v) is 6.39. The molecule has 2 saturated heterocycles. The van der Waals surface area contributed by atoms with E-state index in [9.17, 15) is 0 Å². The van der Waals surface area contributed by atoms with Gasteiger partial charge in [0, 0.05) is 25.8 Å². The topological polar surface area (TPSA) is 3.24 Å². The van der Waals surface area contributed by atoms with Gasteiger partial charge in [0.1, 0.15) is 12.7 Å². The minimum absolute atomic E-state index is 0.822. The molecule has 1 unspecified atom stereocenters. The largest absolute Gasteiger partial charge is 0.308 e. The predicted octanol–water partition coefficient (Wildman–Crippen LogP) is 2.69. The monoisotopic (exact) mass is 225 g/mol. The highest BCUT2D eigenvalue weighted by Gasteiger charge is 2.46. The van der Waals surface area contributed by atoms with Gasteiger partial charge in [0.05, 0.1) is 19.6 Å². The lowest BCUT2D eigenvalue weighted by Gasteiger charge is -2.35. The summed E-state index contributed by atoms with van der Waals surface area (Å²) < 4.78 is 1.44. The second kappa shape index (κ2) is 5.05. The van der Waals surface area contributed by atoms with Gasteiger partial charge in [-0.05, 0) is 5.92 Å². The Balaban J connectivity index is 1.99. The fraction of sp³-hybridized carbons (Fsp3) is 1.00. The van der Waals surface area contributed by atoms with E-state index in [4.69, 9.17) is 0 Å². The molecule has 2 rings (SSSR count). The van der Waals surface area contributed by atoms with Gasteiger partial charge >= 0.3 is 0 Å². The molecule has 2 aliphatic rings. The zero-order valence-corrected chi connectivity index (χ0v) is 11.4. The van der Waals surface area contributed by atoms with Gasteiger partial charge in [0.15, 0.2) is 0 Å². The third kappa shape index (κ3) is 2.43. The van der Waals surface area contributed by atoms with Crippen LogP contribution in [0.3, 0.4) is 0 Å². The van der Waals surface area contributed by atoms with Gasteiger partial charge in [-0.2, -0.15) is 0 Å². The summed E-state index contributed by atoms with van der Waals surface area (Å²) in [6.07, 6.45) is 5.74. The maximum absolute atomic E-state index is 2.73. The van der Waals surface area contributed by atoms with E-state index in [1.54, 1.807) is 0 Å². The maximum Gasteiger partial charge on any atom is 0.135 e. The summed E-state index contributed by atoms with van der Waals surface area (Å²) in [4.78, 5) is 2.73. The highest BCUT2D eigenvalue weighted by atomic mass is 15.5. The number of nitrogens with zero attached hydrogens (tertiary/aromatic N) is 2. The quantitative estimate of drug-likeness (QED) is 0.665. The first kappa shape index (κ1) is 12.4. The zero-order chi connectivity index (χ0) is 11.6. The summed E-state index contributed by atoms with van der Waals surface area (Å²) in [6, 6.07) is 0.950. The third-order valence-electron chi connectivity index (χ3n) is 4.43. The average Bonchev–Trinajstić information content (AvgIpc) is 2.77. The molecule has 0 aromatic heterocycles. The van der Waals surface area contributed by atoms with Gasteiger partial charge in [-0.3, -0.25) is 4.90 Å². The van der Waals surface area contributed by atoms with E-state index in [-0.39, 0.29) is 0 Å². The van der Waals surface area contributed by atoms with Gasteiger partial charge in [-0.1, -0.05) is 27.2 Å². The lowest BCUT2D eigenvalue weighted by Crippen LogP contribution is -2.50. The van der Waals surface area contributed by atoms with Crippen LogP contribution in [0, 0.1) is 5.92 Å². The van der Waals surface area contributed by atoms with Gasteiger partial charge in [0.2, 0.25) is 0 Å². The summed E-state index contributed by atoms with van der Waals surface area (Å²) in [7, 11) is 0. The van der Waals surface area contributed by atoms with Gasteiger partial charge in [0.25, 0.3) is 0 Å². The van der Waals surface area contributed by atoms with Crippen molar-refractivity contribution < 1.29 is 4.48 Å². The molecule has 1 spiro atoms. The number of hydrogen-bond acceptors (Lipinski definition) is 1. The molecule has 0 saturated carbocycles. The van der Waals surface area contributed by atoms with Crippen LogP contribution in [0.25, 0.3) is 0 Å². The third-order valence-corrected chi connectivity index (χ3v) is 4.43. The zero-order valence-electron chi connectivity index (χ0n) is 11.4. The Morgan fingerprint density at radius 2 is 1.94 bits per heavy atom. The molecule has 16 heavy (non-hydrogen) atoms. The van der Waals surface area contributed by atoms with Crippen LogP contribution < -0.4 is 0 Å². The van der Waals surface area contributed by atoms with Crippen molar-refractivity contribution in [2.45, 2.75) is 52.5 Å². The summed E-state index contributed by atoms with van der Waals surface area (Å²) in [6.45, 7) is 14.0. The molecular weight excluding hydrogens is 196 g/mol. The van der Waals surface area contributed by atoms with Crippen molar-refractivity contribution in [3.8, 4) is 0 Å². The van der Waals surface area contributed by atoms with Crippen molar-refractivity contribution in [1.29, 1.82) is 0 Å². The van der Waals surface area contributed by atoms with E-state index >= 15 is 0 Å². The Morgan fingerprint density at radius 3 is 2.50 bits per heavy atom. The van der Waals surface area contributed by atoms with Gasteiger partial charge < -0.3 is 4.48 Å². The van der Waals surface area contributed by atoms with Crippen molar-refractivity contribution in [2.75, 3.05) is 32.8 Å². The first-order chi connectivity index (χ1) is 7.66. The Hall–Kier alpha value is -0.0800. The summed E-state index contributed by atoms with van der Waals surface area (Å²) in [5.74, 6) is 0.822. The van der Waals surface area contributed by atoms with E-state index < -0.39 is 0 Å². The molecule has 1 atom stereocenters. The molecule has 2 heteroatoms. The van der Waals surface area contributed by atoms with Crippen LogP contribution in [0.4, 0.5) is 0 Å². The van der Waals surface area contributed by atoms with Crippen molar-refractivity contribution >= 4 is 0 Å². The van der Waals surface area contributed by atoms with Crippen LogP contribution in [-0.4, -0.2) is 48.3 Å². The van der Waals surface area contributed by atoms with E-state index in [1.165, 1.54) is 63.0 Å². The Bertz CT molecular complexity index is 219. The molecular formula is C14H29N2+. The minimum Gasteiger partial charge on any atom is -0.308 e. The van der Waals surface area contributed by atoms with Crippen molar-refractivity contribution in [3.05, 3.63) is 0 Å². The van der Waals surface area contributed by atoms with Crippen LogP contribution in [0.15, 0.2) is 0 Å². The molecule has 0 aromatic carbocycles. The minimum atomic E-state index is 0.822. The van der Waals surface area contributed by atoms with E-state index in [0.717, 1.165) is 12.0 Å². The van der Waals surface area contributed by atoms with E-state index in [2.05, 4.69) is 25.7 Å². The van der Waals surface area contributed by atoms with Crippen molar-refractivity contribution in [3.63, 3.8) is 0 Å². The molecule has 2 heterocycles. The fourth-order valence-electron chi connectivity index (χ4n) is 3.86. The Kier molecular flexibility index (Phi) is 3.91. The Morgan fingerprint density at radius 1 is 1.25 bits per heavy atom. The van der Waals surface area contributed by atoms with E-state index in [0.29, 0.717) is 0 Å². The first-order valence-corrected chi connectivity index (χ1v) is 7.24. The normalized spacial score (nSPS) is 29.6. The molecule has 94 valence electrons. The molecule has 0 amide bonds. The SMILES string of the molecule is CCCC1CN(CC(C)C)C[N+]12CCCC2. The molecule has 0 aliphatic carbocycles. The lowest BCUT2D eigenvalue weighted by molar-refractivity contribution is -0.931. The van der Waals surface area contributed by atoms with Crippen LogP contribution in [0.5, 0.6) is 0 Å². The maximum atomic E-state index is 2.73. The first-order valence-electron chi connectivity index (χ1n) is 7.24. The summed E-state index contributed by atoms with van der Waals surface area (Å²) in [5.41, 5.74) is 0. The number of hydrogen-bond donors (Lipinski definition) is 0. The smallest absolute Gasteiger partial charge is 0.135 e. The van der Waals surface area contributed by atoms with E-state index in [1.807, 2.05) is 0 Å². The summed E-state index contributed by atoms with van der Waals surface area (Å²) in [5, 5.41) is 0. The molecule has 2 nitrogen and oxygen atoms in total. The molecule has 0 radical (unpaired) electrons.